The minimum absolute atomic E-state index is 0.0751. The van der Waals surface area contributed by atoms with Gasteiger partial charge in [0.05, 0.1) is 6.10 Å². The Bertz CT molecular complexity index is 796. The van der Waals surface area contributed by atoms with Crippen molar-refractivity contribution in [1.82, 2.24) is 0 Å². The zero-order chi connectivity index (χ0) is 18.9. The van der Waals surface area contributed by atoms with Crippen LogP contribution in [-0.4, -0.2) is 24.6 Å². The second-order valence-electron chi connectivity index (χ2n) is 6.10. The van der Waals surface area contributed by atoms with Gasteiger partial charge in [-0.15, -0.1) is 0 Å². The van der Waals surface area contributed by atoms with Gasteiger partial charge in [-0.1, -0.05) is 24.3 Å². The topological polar surface area (TPSA) is 64.6 Å². The Kier molecular flexibility index (Phi) is 6.97. The van der Waals surface area contributed by atoms with E-state index >= 15 is 0 Å². The largest absolute Gasteiger partial charge is 0.491 e. The molecule has 0 aromatic heterocycles. The molecule has 0 bridgehead atoms. The Labute approximate surface area is 153 Å². The molecule has 0 saturated carbocycles. The molecule has 0 unspecified atom stereocenters. The van der Waals surface area contributed by atoms with Gasteiger partial charge >= 0.3 is 5.97 Å². The summed E-state index contributed by atoms with van der Waals surface area (Å²) in [5.41, 5.74) is 2.51. The van der Waals surface area contributed by atoms with Gasteiger partial charge in [-0.3, -0.25) is 4.79 Å². The monoisotopic (exact) mass is 353 g/mol. The summed E-state index contributed by atoms with van der Waals surface area (Å²) >= 11 is 0. The SMILES string of the molecule is Cc1cccc(NC(=O)COC(=O)/C=C/c2cccc(OC(C)C)c2)c1. The van der Waals surface area contributed by atoms with Crippen LogP contribution in [0.3, 0.4) is 0 Å². The quantitative estimate of drug-likeness (QED) is 0.604. The Hall–Kier alpha value is -3.08. The van der Waals surface area contributed by atoms with Gasteiger partial charge in [0.15, 0.2) is 6.61 Å². The van der Waals surface area contributed by atoms with Crippen LogP contribution in [0.2, 0.25) is 0 Å². The number of rotatable bonds is 7. The Morgan fingerprint density at radius 3 is 2.62 bits per heavy atom. The van der Waals surface area contributed by atoms with Crippen LogP contribution in [0.25, 0.3) is 6.08 Å². The minimum atomic E-state index is -0.584. The van der Waals surface area contributed by atoms with Crippen molar-refractivity contribution in [2.45, 2.75) is 26.9 Å². The molecule has 0 aliphatic heterocycles. The first-order chi connectivity index (χ1) is 12.4. The number of aryl methyl sites for hydroxylation is 1. The summed E-state index contributed by atoms with van der Waals surface area (Å²) in [5, 5.41) is 2.68. The lowest BCUT2D eigenvalue weighted by atomic mass is 10.2. The maximum atomic E-state index is 11.8. The number of ether oxygens (including phenoxy) is 2. The average molecular weight is 353 g/mol. The predicted octanol–water partition coefficient (Wildman–Crippen LogP) is 3.98. The van der Waals surface area contributed by atoms with Crippen LogP contribution in [0.1, 0.15) is 25.0 Å². The summed E-state index contributed by atoms with van der Waals surface area (Å²) in [6.45, 7) is 5.48. The summed E-state index contributed by atoms with van der Waals surface area (Å²) < 4.78 is 10.6. The average Bonchev–Trinajstić information content (AvgIpc) is 2.58. The van der Waals surface area contributed by atoms with Gasteiger partial charge in [0.25, 0.3) is 5.91 Å². The van der Waals surface area contributed by atoms with E-state index in [4.69, 9.17) is 9.47 Å². The number of nitrogens with one attached hydrogen (secondary N) is 1. The maximum Gasteiger partial charge on any atom is 0.331 e. The van der Waals surface area contributed by atoms with Gasteiger partial charge in [0.2, 0.25) is 0 Å². The number of carbonyl (C=O) groups is 2. The fourth-order valence-electron chi connectivity index (χ4n) is 2.23. The molecule has 2 aromatic carbocycles. The fraction of sp³-hybridized carbons (Fsp3) is 0.238. The molecule has 26 heavy (non-hydrogen) atoms. The van der Waals surface area contributed by atoms with Gasteiger partial charge in [-0.2, -0.15) is 0 Å². The molecule has 1 amide bonds. The highest BCUT2D eigenvalue weighted by Crippen LogP contribution is 2.16. The minimum Gasteiger partial charge on any atom is -0.491 e. The second kappa shape index (κ2) is 9.42. The lowest BCUT2D eigenvalue weighted by molar-refractivity contribution is -0.142. The van der Waals surface area contributed by atoms with E-state index in [1.165, 1.54) is 6.08 Å². The Morgan fingerprint density at radius 1 is 1.12 bits per heavy atom. The van der Waals surface area contributed by atoms with Gasteiger partial charge in [0, 0.05) is 11.8 Å². The van der Waals surface area contributed by atoms with Crippen molar-refractivity contribution in [2.24, 2.45) is 0 Å². The molecular formula is C21H23NO4. The van der Waals surface area contributed by atoms with E-state index in [-0.39, 0.29) is 18.6 Å². The predicted molar refractivity (Wildman–Crippen MR) is 102 cm³/mol. The third-order valence-electron chi connectivity index (χ3n) is 3.29. The molecule has 2 aromatic rings. The summed E-state index contributed by atoms with van der Waals surface area (Å²) in [7, 11) is 0. The highest BCUT2D eigenvalue weighted by Gasteiger charge is 2.06. The molecule has 5 nitrogen and oxygen atoms in total. The van der Waals surface area contributed by atoms with E-state index in [1.807, 2.05) is 63.2 Å². The molecule has 0 fully saturated rings. The van der Waals surface area contributed by atoms with Crippen molar-refractivity contribution < 1.29 is 19.1 Å². The van der Waals surface area contributed by atoms with E-state index in [0.717, 1.165) is 16.9 Å². The zero-order valence-corrected chi connectivity index (χ0v) is 15.2. The van der Waals surface area contributed by atoms with Crippen LogP contribution in [0, 0.1) is 6.92 Å². The van der Waals surface area contributed by atoms with Crippen molar-refractivity contribution in [2.75, 3.05) is 11.9 Å². The molecule has 2 rings (SSSR count). The summed E-state index contributed by atoms with van der Waals surface area (Å²) in [4.78, 5) is 23.6. The van der Waals surface area contributed by atoms with Gasteiger partial charge in [-0.25, -0.2) is 4.79 Å². The molecule has 0 heterocycles. The summed E-state index contributed by atoms with van der Waals surface area (Å²) in [6.07, 6.45) is 2.98. The number of benzene rings is 2. The molecule has 0 aliphatic rings. The molecular weight excluding hydrogens is 330 g/mol. The lowest BCUT2D eigenvalue weighted by Crippen LogP contribution is -2.20. The Morgan fingerprint density at radius 2 is 1.88 bits per heavy atom. The maximum absolute atomic E-state index is 11.8. The van der Waals surface area contributed by atoms with Gasteiger partial charge in [0.1, 0.15) is 5.75 Å². The van der Waals surface area contributed by atoms with E-state index < -0.39 is 5.97 Å². The Balaban J connectivity index is 1.82. The molecule has 0 aliphatic carbocycles. The van der Waals surface area contributed by atoms with E-state index in [1.54, 1.807) is 12.1 Å². The molecule has 136 valence electrons. The van der Waals surface area contributed by atoms with Crippen LogP contribution in [0.4, 0.5) is 5.69 Å². The smallest absolute Gasteiger partial charge is 0.331 e. The van der Waals surface area contributed by atoms with Crippen LogP contribution in [0.15, 0.2) is 54.6 Å². The lowest BCUT2D eigenvalue weighted by Gasteiger charge is -2.09. The molecule has 1 N–H and O–H groups in total. The molecule has 0 spiro atoms. The molecule has 0 atom stereocenters. The highest BCUT2D eigenvalue weighted by molar-refractivity contribution is 5.94. The third-order valence-corrected chi connectivity index (χ3v) is 3.29. The van der Waals surface area contributed by atoms with Crippen molar-refractivity contribution in [3.8, 4) is 5.75 Å². The van der Waals surface area contributed by atoms with Gasteiger partial charge in [-0.05, 0) is 62.2 Å². The third kappa shape index (κ3) is 6.81. The number of hydrogen-bond donors (Lipinski definition) is 1. The molecule has 5 heteroatoms. The summed E-state index contributed by atoms with van der Waals surface area (Å²) in [5.74, 6) is -0.239. The van der Waals surface area contributed by atoms with Crippen LogP contribution in [0.5, 0.6) is 5.75 Å². The van der Waals surface area contributed by atoms with Crippen LogP contribution >= 0.6 is 0 Å². The van der Waals surface area contributed by atoms with E-state index in [2.05, 4.69) is 5.32 Å². The number of carbonyl (C=O) groups excluding carboxylic acids is 2. The second-order valence-corrected chi connectivity index (χ2v) is 6.10. The molecule has 0 radical (unpaired) electrons. The zero-order valence-electron chi connectivity index (χ0n) is 15.2. The normalized spacial score (nSPS) is 10.8. The van der Waals surface area contributed by atoms with E-state index in [9.17, 15) is 9.59 Å². The highest BCUT2D eigenvalue weighted by atomic mass is 16.5. The number of esters is 1. The first kappa shape index (κ1) is 19.2. The number of anilines is 1. The van der Waals surface area contributed by atoms with Crippen molar-refractivity contribution in [3.63, 3.8) is 0 Å². The van der Waals surface area contributed by atoms with Gasteiger partial charge < -0.3 is 14.8 Å². The van der Waals surface area contributed by atoms with Crippen molar-refractivity contribution in [1.29, 1.82) is 0 Å². The van der Waals surface area contributed by atoms with Crippen molar-refractivity contribution in [3.05, 3.63) is 65.7 Å². The molecule has 0 saturated heterocycles. The fourth-order valence-corrected chi connectivity index (χ4v) is 2.23. The first-order valence-electron chi connectivity index (χ1n) is 8.40. The number of hydrogen-bond acceptors (Lipinski definition) is 4. The standard InChI is InChI=1S/C21H23NO4/c1-15(2)26-19-9-5-7-17(13-19)10-11-21(24)25-14-20(23)22-18-8-4-6-16(3)12-18/h4-13,15H,14H2,1-3H3,(H,22,23)/b11-10+. The van der Waals surface area contributed by atoms with Crippen molar-refractivity contribution >= 4 is 23.6 Å². The van der Waals surface area contributed by atoms with Crippen LogP contribution in [-0.2, 0) is 14.3 Å². The van der Waals surface area contributed by atoms with Crippen LogP contribution < -0.4 is 10.1 Å². The van der Waals surface area contributed by atoms with E-state index in [0.29, 0.717) is 5.69 Å². The summed E-state index contributed by atoms with van der Waals surface area (Å²) in [6, 6.07) is 14.8. The first-order valence-corrected chi connectivity index (χ1v) is 8.40. The number of amides is 1.